The van der Waals surface area contributed by atoms with Crippen LogP contribution in [-0.4, -0.2) is 14.8 Å². The van der Waals surface area contributed by atoms with Crippen LogP contribution in [0.2, 0.25) is 0 Å². The molecule has 2 heterocycles. The van der Waals surface area contributed by atoms with Gasteiger partial charge in [-0.05, 0) is 26.0 Å². The van der Waals surface area contributed by atoms with Gasteiger partial charge < -0.3 is 4.74 Å². The van der Waals surface area contributed by atoms with Crippen molar-refractivity contribution in [2.75, 3.05) is 0 Å². The molecule has 0 atom stereocenters. The van der Waals surface area contributed by atoms with E-state index in [2.05, 4.69) is 16.2 Å². The van der Waals surface area contributed by atoms with E-state index >= 15 is 0 Å². The SMILES string of the molecule is Cc1nn(C)c(C)c1Oc1c(C#N)cnc2ccccc12. The molecule has 0 aliphatic heterocycles. The Kier molecular flexibility index (Phi) is 3.07. The van der Waals surface area contributed by atoms with Crippen LogP contribution in [0.5, 0.6) is 11.5 Å². The number of ether oxygens (including phenoxy) is 1. The van der Waals surface area contributed by atoms with Crippen LogP contribution in [0.1, 0.15) is 17.0 Å². The van der Waals surface area contributed by atoms with Crippen molar-refractivity contribution in [3.63, 3.8) is 0 Å². The fourth-order valence-corrected chi connectivity index (χ4v) is 2.31. The number of hydrogen-bond acceptors (Lipinski definition) is 4. The molecule has 2 aromatic heterocycles. The Morgan fingerprint density at radius 3 is 2.62 bits per heavy atom. The predicted octanol–water partition coefficient (Wildman–Crippen LogP) is 3.25. The Labute approximate surface area is 122 Å². The second-order valence-electron chi connectivity index (χ2n) is 4.86. The zero-order valence-corrected chi connectivity index (χ0v) is 12.1. The van der Waals surface area contributed by atoms with Gasteiger partial charge >= 0.3 is 0 Å². The van der Waals surface area contributed by atoms with E-state index in [4.69, 9.17) is 4.74 Å². The number of aromatic nitrogens is 3. The quantitative estimate of drug-likeness (QED) is 0.721. The van der Waals surface area contributed by atoms with Crippen LogP contribution in [0.25, 0.3) is 10.9 Å². The molecule has 0 fully saturated rings. The summed E-state index contributed by atoms with van der Waals surface area (Å²) in [5.41, 5.74) is 2.92. The van der Waals surface area contributed by atoms with Gasteiger partial charge in [0.1, 0.15) is 17.3 Å². The molecule has 1 aromatic carbocycles. The normalized spacial score (nSPS) is 10.6. The van der Waals surface area contributed by atoms with E-state index in [1.54, 1.807) is 10.9 Å². The van der Waals surface area contributed by atoms with Crippen LogP contribution in [-0.2, 0) is 7.05 Å². The average Bonchev–Trinajstić information content (AvgIpc) is 2.74. The first-order chi connectivity index (χ1) is 10.1. The summed E-state index contributed by atoms with van der Waals surface area (Å²) < 4.78 is 7.81. The number of para-hydroxylation sites is 1. The smallest absolute Gasteiger partial charge is 0.171 e. The van der Waals surface area contributed by atoms with Crippen molar-refractivity contribution in [3.05, 3.63) is 47.4 Å². The van der Waals surface area contributed by atoms with E-state index in [1.165, 1.54) is 0 Å². The van der Waals surface area contributed by atoms with E-state index in [9.17, 15) is 5.26 Å². The van der Waals surface area contributed by atoms with E-state index in [1.807, 2.05) is 45.2 Å². The van der Waals surface area contributed by atoms with Gasteiger partial charge in [0, 0.05) is 18.6 Å². The first-order valence-corrected chi connectivity index (χ1v) is 6.57. The van der Waals surface area contributed by atoms with Gasteiger partial charge in [0.05, 0.1) is 11.2 Å². The molecular weight excluding hydrogens is 264 g/mol. The van der Waals surface area contributed by atoms with Gasteiger partial charge in [0.25, 0.3) is 0 Å². The van der Waals surface area contributed by atoms with Crippen LogP contribution in [0.15, 0.2) is 30.5 Å². The van der Waals surface area contributed by atoms with Crippen LogP contribution in [0.3, 0.4) is 0 Å². The lowest BCUT2D eigenvalue weighted by atomic mass is 10.1. The number of aryl methyl sites for hydroxylation is 2. The molecule has 5 nitrogen and oxygen atoms in total. The van der Waals surface area contributed by atoms with Gasteiger partial charge in [-0.3, -0.25) is 9.67 Å². The Hall–Kier alpha value is -2.87. The number of fused-ring (bicyclic) bond motifs is 1. The second kappa shape index (κ2) is 4.91. The summed E-state index contributed by atoms with van der Waals surface area (Å²) >= 11 is 0. The van der Waals surface area contributed by atoms with Crippen molar-refractivity contribution in [1.29, 1.82) is 5.26 Å². The van der Waals surface area contributed by atoms with Crippen molar-refractivity contribution < 1.29 is 4.74 Å². The molecule has 0 saturated heterocycles. The number of nitrogens with zero attached hydrogens (tertiary/aromatic N) is 4. The summed E-state index contributed by atoms with van der Waals surface area (Å²) in [5, 5.41) is 14.5. The highest BCUT2D eigenvalue weighted by atomic mass is 16.5. The Morgan fingerprint density at radius 2 is 1.95 bits per heavy atom. The first-order valence-electron chi connectivity index (χ1n) is 6.57. The molecule has 5 heteroatoms. The molecule has 21 heavy (non-hydrogen) atoms. The first kappa shape index (κ1) is 13.1. The topological polar surface area (TPSA) is 63.7 Å². The molecule has 3 aromatic rings. The molecule has 0 N–H and O–H groups in total. The standard InChI is InChI=1S/C16H14N4O/c1-10-15(11(2)20(3)19-10)21-16-12(8-17)9-18-14-7-5-4-6-13(14)16/h4-7,9H,1-3H3. The maximum Gasteiger partial charge on any atom is 0.171 e. The highest BCUT2D eigenvalue weighted by Crippen LogP contribution is 2.34. The van der Waals surface area contributed by atoms with Crippen LogP contribution >= 0.6 is 0 Å². The van der Waals surface area contributed by atoms with Crippen molar-refractivity contribution >= 4 is 10.9 Å². The lowest BCUT2D eigenvalue weighted by Crippen LogP contribution is -1.95. The molecule has 3 rings (SSSR count). The third-order valence-electron chi connectivity index (χ3n) is 3.49. The van der Waals surface area contributed by atoms with Crippen LogP contribution in [0.4, 0.5) is 0 Å². The third kappa shape index (κ3) is 2.11. The molecule has 0 spiro atoms. The van der Waals surface area contributed by atoms with Gasteiger partial charge in [-0.2, -0.15) is 10.4 Å². The number of rotatable bonds is 2. The van der Waals surface area contributed by atoms with Crippen molar-refractivity contribution in [3.8, 4) is 17.6 Å². The van der Waals surface area contributed by atoms with Crippen LogP contribution in [0, 0.1) is 25.2 Å². The summed E-state index contributed by atoms with van der Waals surface area (Å²) in [6, 6.07) is 9.75. The maximum absolute atomic E-state index is 9.31. The molecule has 0 aliphatic rings. The van der Waals surface area contributed by atoms with Crippen molar-refractivity contribution in [2.45, 2.75) is 13.8 Å². The second-order valence-corrected chi connectivity index (χ2v) is 4.86. The summed E-state index contributed by atoms with van der Waals surface area (Å²) in [7, 11) is 1.87. The molecule has 0 bridgehead atoms. The number of nitriles is 1. The zero-order valence-electron chi connectivity index (χ0n) is 12.1. The average molecular weight is 278 g/mol. The lowest BCUT2D eigenvalue weighted by Gasteiger charge is -2.10. The summed E-state index contributed by atoms with van der Waals surface area (Å²) in [5.74, 6) is 1.22. The largest absolute Gasteiger partial charge is 0.451 e. The Bertz CT molecular complexity index is 874. The molecule has 0 aliphatic carbocycles. The van der Waals surface area contributed by atoms with Crippen LogP contribution < -0.4 is 4.74 Å². The minimum Gasteiger partial charge on any atom is -0.451 e. The predicted molar refractivity (Wildman–Crippen MR) is 79.2 cm³/mol. The number of benzene rings is 1. The molecule has 0 amide bonds. The minimum absolute atomic E-state index is 0.413. The van der Waals surface area contributed by atoms with Gasteiger partial charge in [0.2, 0.25) is 0 Å². The molecule has 0 unspecified atom stereocenters. The summed E-state index contributed by atoms with van der Waals surface area (Å²) in [6.07, 6.45) is 1.54. The Morgan fingerprint density at radius 1 is 1.19 bits per heavy atom. The van der Waals surface area contributed by atoms with Gasteiger partial charge in [0.15, 0.2) is 11.5 Å². The zero-order chi connectivity index (χ0) is 15.0. The van der Waals surface area contributed by atoms with E-state index in [0.29, 0.717) is 17.1 Å². The summed E-state index contributed by atoms with van der Waals surface area (Å²) in [6.45, 7) is 3.82. The number of pyridine rings is 1. The monoisotopic (exact) mass is 278 g/mol. The maximum atomic E-state index is 9.31. The van der Waals surface area contributed by atoms with E-state index < -0.39 is 0 Å². The fourth-order valence-electron chi connectivity index (χ4n) is 2.31. The number of hydrogen-bond donors (Lipinski definition) is 0. The van der Waals surface area contributed by atoms with E-state index in [-0.39, 0.29) is 0 Å². The van der Waals surface area contributed by atoms with Gasteiger partial charge in [-0.15, -0.1) is 0 Å². The molecular formula is C16H14N4O. The minimum atomic E-state index is 0.413. The van der Waals surface area contributed by atoms with Crippen molar-refractivity contribution in [1.82, 2.24) is 14.8 Å². The highest BCUT2D eigenvalue weighted by molar-refractivity contribution is 5.87. The van der Waals surface area contributed by atoms with Gasteiger partial charge in [-0.1, -0.05) is 12.1 Å². The van der Waals surface area contributed by atoms with Gasteiger partial charge in [-0.25, -0.2) is 0 Å². The summed E-state index contributed by atoms with van der Waals surface area (Å²) in [4.78, 5) is 4.28. The Balaban J connectivity index is 2.22. The lowest BCUT2D eigenvalue weighted by molar-refractivity contribution is 0.477. The van der Waals surface area contributed by atoms with Crippen molar-refractivity contribution in [2.24, 2.45) is 7.05 Å². The molecule has 0 saturated carbocycles. The molecule has 104 valence electrons. The molecule has 0 radical (unpaired) electrons. The third-order valence-corrected chi connectivity index (χ3v) is 3.49. The fraction of sp³-hybridized carbons (Fsp3) is 0.188. The van der Waals surface area contributed by atoms with E-state index in [0.717, 1.165) is 22.3 Å². The highest BCUT2D eigenvalue weighted by Gasteiger charge is 2.16.